The summed E-state index contributed by atoms with van der Waals surface area (Å²) in [7, 11) is 0. The molecule has 5 atom stereocenters. The molecule has 1 saturated heterocycles. The standard InChI is InChI=1S/C14H24N2O2/c1-14(8-18-7-12(14)15)13(17)16-6-11-5-9-2-3-10(11)4-9/h9-12H,2-8,15H2,1H3,(H,16,17). The van der Waals surface area contributed by atoms with Gasteiger partial charge in [-0.1, -0.05) is 6.42 Å². The van der Waals surface area contributed by atoms with Gasteiger partial charge in [-0.15, -0.1) is 0 Å². The van der Waals surface area contributed by atoms with Crippen LogP contribution in [0.2, 0.25) is 0 Å². The van der Waals surface area contributed by atoms with Gasteiger partial charge in [0.2, 0.25) is 5.91 Å². The van der Waals surface area contributed by atoms with Gasteiger partial charge in [0.15, 0.2) is 0 Å². The van der Waals surface area contributed by atoms with Crippen molar-refractivity contribution in [2.24, 2.45) is 28.9 Å². The largest absolute Gasteiger partial charge is 0.379 e. The van der Waals surface area contributed by atoms with Crippen LogP contribution in [-0.4, -0.2) is 31.7 Å². The molecule has 4 heteroatoms. The van der Waals surface area contributed by atoms with Crippen molar-refractivity contribution in [3.63, 3.8) is 0 Å². The van der Waals surface area contributed by atoms with Gasteiger partial charge in [0.25, 0.3) is 0 Å². The monoisotopic (exact) mass is 252 g/mol. The van der Waals surface area contributed by atoms with Gasteiger partial charge in [-0.25, -0.2) is 0 Å². The smallest absolute Gasteiger partial charge is 0.229 e. The van der Waals surface area contributed by atoms with Crippen LogP contribution in [0.3, 0.4) is 0 Å². The number of nitrogens with one attached hydrogen (secondary N) is 1. The summed E-state index contributed by atoms with van der Waals surface area (Å²) in [6, 6.07) is -0.169. The second kappa shape index (κ2) is 4.49. The molecular weight excluding hydrogens is 228 g/mol. The number of ether oxygens (including phenoxy) is 1. The lowest BCUT2D eigenvalue weighted by Gasteiger charge is -2.28. The minimum atomic E-state index is -0.530. The van der Waals surface area contributed by atoms with Crippen LogP contribution in [0.5, 0.6) is 0 Å². The number of carbonyl (C=O) groups excluding carboxylic acids is 1. The minimum Gasteiger partial charge on any atom is -0.379 e. The van der Waals surface area contributed by atoms with E-state index < -0.39 is 5.41 Å². The van der Waals surface area contributed by atoms with Crippen LogP contribution in [0.4, 0.5) is 0 Å². The summed E-state index contributed by atoms with van der Waals surface area (Å²) in [6.45, 7) is 3.71. The van der Waals surface area contributed by atoms with Crippen LogP contribution in [0.15, 0.2) is 0 Å². The zero-order chi connectivity index (χ0) is 12.8. The summed E-state index contributed by atoms with van der Waals surface area (Å²) in [4.78, 5) is 12.3. The van der Waals surface area contributed by atoms with Crippen LogP contribution in [0, 0.1) is 23.2 Å². The summed E-state index contributed by atoms with van der Waals surface area (Å²) >= 11 is 0. The molecule has 3 aliphatic rings. The Hall–Kier alpha value is -0.610. The lowest BCUT2D eigenvalue weighted by Crippen LogP contribution is -2.51. The fraction of sp³-hybridized carbons (Fsp3) is 0.929. The van der Waals surface area contributed by atoms with Crippen LogP contribution < -0.4 is 11.1 Å². The highest BCUT2D eigenvalue weighted by Gasteiger charge is 2.45. The first kappa shape index (κ1) is 12.4. The summed E-state index contributed by atoms with van der Waals surface area (Å²) in [6.07, 6.45) is 5.47. The second-order valence-electron chi connectivity index (χ2n) is 6.68. The molecule has 1 aliphatic heterocycles. The third-order valence-electron chi connectivity index (χ3n) is 5.45. The third kappa shape index (κ3) is 1.95. The summed E-state index contributed by atoms with van der Waals surface area (Å²) in [5, 5.41) is 3.12. The average molecular weight is 252 g/mol. The zero-order valence-corrected chi connectivity index (χ0v) is 11.2. The highest BCUT2D eigenvalue weighted by Crippen LogP contribution is 2.48. The molecule has 0 radical (unpaired) electrons. The second-order valence-corrected chi connectivity index (χ2v) is 6.68. The van der Waals surface area contributed by atoms with E-state index in [9.17, 15) is 4.79 Å². The Morgan fingerprint density at radius 2 is 2.28 bits per heavy atom. The van der Waals surface area contributed by atoms with Crippen LogP contribution in [0.1, 0.15) is 32.6 Å². The molecule has 102 valence electrons. The Bertz CT molecular complexity index is 347. The Morgan fingerprint density at radius 3 is 2.83 bits per heavy atom. The summed E-state index contributed by atoms with van der Waals surface area (Å²) in [5.74, 6) is 2.58. The molecule has 2 bridgehead atoms. The number of hydrogen-bond acceptors (Lipinski definition) is 3. The van der Waals surface area contributed by atoms with Crippen LogP contribution >= 0.6 is 0 Å². The maximum Gasteiger partial charge on any atom is 0.229 e. The zero-order valence-electron chi connectivity index (χ0n) is 11.2. The molecule has 1 heterocycles. The lowest BCUT2D eigenvalue weighted by molar-refractivity contribution is -0.130. The number of rotatable bonds is 3. The van der Waals surface area contributed by atoms with E-state index in [1.54, 1.807) is 0 Å². The first-order chi connectivity index (χ1) is 8.59. The molecule has 0 aromatic carbocycles. The maximum absolute atomic E-state index is 12.3. The van der Waals surface area contributed by atoms with Gasteiger partial charge >= 0.3 is 0 Å². The number of hydrogen-bond donors (Lipinski definition) is 2. The minimum absolute atomic E-state index is 0.0790. The van der Waals surface area contributed by atoms with Crippen molar-refractivity contribution in [2.75, 3.05) is 19.8 Å². The van der Waals surface area contributed by atoms with E-state index in [-0.39, 0.29) is 11.9 Å². The number of fused-ring (bicyclic) bond motifs is 2. The van der Waals surface area contributed by atoms with Gasteiger partial charge in [-0.2, -0.15) is 0 Å². The molecule has 18 heavy (non-hydrogen) atoms. The molecule has 2 aliphatic carbocycles. The maximum atomic E-state index is 12.3. The first-order valence-corrected chi connectivity index (χ1v) is 7.21. The van der Waals surface area contributed by atoms with Gasteiger partial charge < -0.3 is 15.8 Å². The topological polar surface area (TPSA) is 64.3 Å². The van der Waals surface area contributed by atoms with E-state index in [2.05, 4.69) is 5.32 Å². The highest BCUT2D eigenvalue weighted by molar-refractivity contribution is 5.83. The van der Waals surface area contributed by atoms with E-state index in [1.807, 2.05) is 6.92 Å². The molecule has 5 unspecified atom stereocenters. The SMILES string of the molecule is CC1(C(=O)NCC2CC3CCC2C3)COCC1N. The Morgan fingerprint density at radius 1 is 1.44 bits per heavy atom. The van der Waals surface area contributed by atoms with E-state index in [0.717, 1.165) is 18.4 Å². The Labute approximate surface area is 109 Å². The summed E-state index contributed by atoms with van der Waals surface area (Å²) in [5.41, 5.74) is 5.44. The predicted octanol–water partition coefficient (Wildman–Crippen LogP) is 0.903. The molecule has 1 amide bonds. The van der Waals surface area contributed by atoms with Crippen molar-refractivity contribution in [1.82, 2.24) is 5.32 Å². The fourth-order valence-corrected chi connectivity index (χ4v) is 3.97. The van der Waals surface area contributed by atoms with E-state index >= 15 is 0 Å². The average Bonchev–Trinajstić information content (AvgIpc) is 3.04. The molecular formula is C14H24N2O2. The van der Waals surface area contributed by atoms with E-state index in [4.69, 9.17) is 10.5 Å². The quantitative estimate of drug-likeness (QED) is 0.784. The fourth-order valence-electron chi connectivity index (χ4n) is 3.97. The van der Waals surface area contributed by atoms with Crippen LogP contribution in [0.25, 0.3) is 0 Å². The third-order valence-corrected chi connectivity index (χ3v) is 5.45. The lowest BCUT2D eigenvalue weighted by atomic mass is 9.84. The van der Waals surface area contributed by atoms with Gasteiger partial charge in [-0.05, 0) is 43.9 Å². The number of nitrogens with two attached hydrogens (primary N) is 1. The van der Waals surface area contributed by atoms with Gasteiger partial charge in [0.1, 0.15) is 0 Å². The van der Waals surface area contributed by atoms with Crippen LogP contribution in [-0.2, 0) is 9.53 Å². The van der Waals surface area contributed by atoms with Crippen molar-refractivity contribution in [3.05, 3.63) is 0 Å². The van der Waals surface area contributed by atoms with Crippen molar-refractivity contribution in [1.29, 1.82) is 0 Å². The normalized spacial score (nSPS) is 46.6. The molecule has 3 N–H and O–H groups in total. The molecule has 3 fully saturated rings. The molecule has 0 aromatic heterocycles. The highest BCUT2D eigenvalue weighted by atomic mass is 16.5. The van der Waals surface area contributed by atoms with Crippen molar-refractivity contribution in [3.8, 4) is 0 Å². The van der Waals surface area contributed by atoms with Crippen molar-refractivity contribution < 1.29 is 9.53 Å². The number of amides is 1. The predicted molar refractivity (Wildman–Crippen MR) is 68.8 cm³/mol. The molecule has 4 nitrogen and oxygen atoms in total. The Kier molecular flexibility index (Phi) is 3.10. The summed E-state index contributed by atoms with van der Waals surface area (Å²) < 4.78 is 5.33. The van der Waals surface area contributed by atoms with Gasteiger partial charge in [0.05, 0.1) is 18.6 Å². The first-order valence-electron chi connectivity index (χ1n) is 7.21. The van der Waals surface area contributed by atoms with Gasteiger partial charge in [0, 0.05) is 12.6 Å². The number of carbonyl (C=O) groups is 1. The van der Waals surface area contributed by atoms with Gasteiger partial charge in [-0.3, -0.25) is 4.79 Å². The van der Waals surface area contributed by atoms with E-state index in [0.29, 0.717) is 19.1 Å². The van der Waals surface area contributed by atoms with Crippen molar-refractivity contribution in [2.45, 2.75) is 38.6 Å². The van der Waals surface area contributed by atoms with Crippen molar-refractivity contribution >= 4 is 5.91 Å². The molecule has 2 saturated carbocycles. The molecule has 0 spiro atoms. The van der Waals surface area contributed by atoms with E-state index in [1.165, 1.54) is 25.7 Å². The Balaban J connectivity index is 1.53. The molecule has 3 rings (SSSR count). The molecule has 0 aromatic rings.